The van der Waals surface area contributed by atoms with Crippen LogP contribution in [0.4, 0.5) is 5.69 Å². The highest BCUT2D eigenvalue weighted by atomic mass is 16.3. The molecule has 4 N–H and O–H groups in total. The Labute approximate surface area is 138 Å². The number of hydrogen-bond donors (Lipinski definition) is 2. The summed E-state index contributed by atoms with van der Waals surface area (Å²) >= 11 is 0. The maximum Gasteiger partial charge on any atom is 0.252 e. The van der Waals surface area contributed by atoms with Gasteiger partial charge in [-0.25, -0.2) is 0 Å². The number of fused-ring (bicyclic) bond motifs is 3. The molecule has 0 bridgehead atoms. The van der Waals surface area contributed by atoms with Crippen molar-refractivity contribution in [3.05, 3.63) is 65.7 Å². The number of amides is 1. The maximum atomic E-state index is 11.9. The Balaban J connectivity index is 2.08. The third kappa shape index (κ3) is 2.12. The van der Waals surface area contributed by atoms with E-state index < -0.39 is 5.91 Å². The third-order valence-electron chi connectivity index (χ3n) is 4.36. The minimum Gasteiger partial charge on any atom is -0.455 e. The Morgan fingerprint density at radius 3 is 2.50 bits per heavy atom. The van der Waals surface area contributed by atoms with Gasteiger partial charge in [0.2, 0.25) is 0 Å². The highest BCUT2D eigenvalue weighted by Crippen LogP contribution is 2.35. The van der Waals surface area contributed by atoms with Crippen molar-refractivity contribution >= 4 is 33.5 Å². The van der Waals surface area contributed by atoms with Gasteiger partial charge >= 0.3 is 0 Å². The number of benzene rings is 3. The van der Waals surface area contributed by atoms with Gasteiger partial charge in [-0.15, -0.1) is 0 Å². The predicted octanol–water partition coefficient (Wildman–Crippen LogP) is 4.24. The SMILES string of the molecule is Cc1ccc(-c2cc(C(N)=O)c3oc4ccccc4c3c2)cc1N. The van der Waals surface area contributed by atoms with Crippen LogP contribution in [0.3, 0.4) is 0 Å². The molecular formula is C20H16N2O2. The number of furan rings is 1. The fourth-order valence-corrected chi connectivity index (χ4v) is 3.00. The molecular weight excluding hydrogens is 300 g/mol. The number of carbonyl (C=O) groups excluding carboxylic acids is 1. The summed E-state index contributed by atoms with van der Waals surface area (Å²) in [5.74, 6) is -0.513. The summed E-state index contributed by atoms with van der Waals surface area (Å²) in [6, 6.07) is 17.3. The molecule has 118 valence electrons. The monoisotopic (exact) mass is 316 g/mol. The van der Waals surface area contributed by atoms with Gasteiger partial charge in [-0.3, -0.25) is 4.79 Å². The van der Waals surface area contributed by atoms with Gasteiger partial charge in [0.25, 0.3) is 5.91 Å². The van der Waals surface area contributed by atoms with Crippen molar-refractivity contribution in [2.75, 3.05) is 5.73 Å². The van der Waals surface area contributed by atoms with Gasteiger partial charge in [0, 0.05) is 16.5 Å². The van der Waals surface area contributed by atoms with E-state index in [4.69, 9.17) is 15.9 Å². The van der Waals surface area contributed by atoms with E-state index in [1.54, 1.807) is 6.07 Å². The molecule has 4 nitrogen and oxygen atoms in total. The van der Waals surface area contributed by atoms with Crippen LogP contribution in [0.2, 0.25) is 0 Å². The average molecular weight is 316 g/mol. The summed E-state index contributed by atoms with van der Waals surface area (Å²) in [7, 11) is 0. The summed E-state index contributed by atoms with van der Waals surface area (Å²) in [4.78, 5) is 11.9. The van der Waals surface area contributed by atoms with Crippen molar-refractivity contribution < 1.29 is 9.21 Å². The molecule has 1 heterocycles. The second kappa shape index (κ2) is 5.13. The molecule has 3 aromatic carbocycles. The first kappa shape index (κ1) is 14.3. The van der Waals surface area contributed by atoms with Gasteiger partial charge in [0.15, 0.2) is 0 Å². The van der Waals surface area contributed by atoms with Crippen LogP contribution in [0.1, 0.15) is 15.9 Å². The lowest BCUT2D eigenvalue weighted by atomic mass is 9.98. The van der Waals surface area contributed by atoms with Crippen LogP contribution in [0.25, 0.3) is 33.1 Å². The fraction of sp³-hybridized carbons (Fsp3) is 0.0500. The van der Waals surface area contributed by atoms with Gasteiger partial charge in [-0.2, -0.15) is 0 Å². The van der Waals surface area contributed by atoms with Crippen LogP contribution >= 0.6 is 0 Å². The van der Waals surface area contributed by atoms with E-state index in [-0.39, 0.29) is 0 Å². The molecule has 0 aliphatic rings. The Hall–Kier alpha value is -3.27. The van der Waals surface area contributed by atoms with Crippen LogP contribution < -0.4 is 11.5 Å². The molecule has 0 spiro atoms. The number of nitrogens with two attached hydrogens (primary N) is 2. The topological polar surface area (TPSA) is 82.2 Å². The van der Waals surface area contributed by atoms with Gasteiger partial charge < -0.3 is 15.9 Å². The van der Waals surface area contributed by atoms with Crippen molar-refractivity contribution in [1.82, 2.24) is 0 Å². The molecule has 0 unspecified atom stereocenters. The summed E-state index contributed by atoms with van der Waals surface area (Å²) in [6.07, 6.45) is 0. The van der Waals surface area contributed by atoms with Crippen molar-refractivity contribution in [3.63, 3.8) is 0 Å². The Bertz CT molecular complexity index is 1110. The number of anilines is 1. The van der Waals surface area contributed by atoms with Crippen molar-refractivity contribution in [1.29, 1.82) is 0 Å². The molecule has 4 heteroatoms. The number of primary amides is 1. The van der Waals surface area contributed by atoms with Gasteiger partial charge in [0.05, 0.1) is 5.56 Å². The maximum absolute atomic E-state index is 11.9. The van der Waals surface area contributed by atoms with Crippen molar-refractivity contribution in [2.24, 2.45) is 5.73 Å². The quantitative estimate of drug-likeness (QED) is 0.543. The number of hydrogen-bond acceptors (Lipinski definition) is 3. The van der Waals surface area contributed by atoms with Crippen LogP contribution in [0.5, 0.6) is 0 Å². The Kier molecular flexibility index (Phi) is 3.06. The van der Waals surface area contributed by atoms with Gasteiger partial charge in [-0.1, -0.05) is 30.3 Å². The number of nitrogen functional groups attached to an aromatic ring is 1. The molecule has 0 radical (unpaired) electrons. The van der Waals surface area contributed by atoms with E-state index in [2.05, 4.69) is 0 Å². The molecule has 4 aromatic rings. The number of aryl methyl sites for hydroxylation is 1. The second-order valence-electron chi connectivity index (χ2n) is 5.93. The van der Waals surface area contributed by atoms with Gasteiger partial charge in [-0.05, 0) is 47.9 Å². The zero-order valence-corrected chi connectivity index (χ0v) is 13.2. The van der Waals surface area contributed by atoms with Crippen molar-refractivity contribution in [2.45, 2.75) is 6.92 Å². The minimum atomic E-state index is -0.513. The van der Waals surface area contributed by atoms with Crippen LogP contribution in [0, 0.1) is 6.92 Å². The first-order valence-corrected chi connectivity index (χ1v) is 7.66. The zero-order valence-electron chi connectivity index (χ0n) is 13.2. The van der Waals surface area contributed by atoms with E-state index >= 15 is 0 Å². The molecule has 1 amide bonds. The lowest BCUT2D eigenvalue weighted by Gasteiger charge is -2.07. The third-order valence-corrected chi connectivity index (χ3v) is 4.36. The molecule has 1 aromatic heterocycles. The lowest BCUT2D eigenvalue weighted by molar-refractivity contribution is 0.100. The van der Waals surface area contributed by atoms with E-state index in [1.807, 2.05) is 55.5 Å². The first-order valence-electron chi connectivity index (χ1n) is 7.66. The summed E-state index contributed by atoms with van der Waals surface area (Å²) in [5, 5.41) is 1.83. The highest BCUT2D eigenvalue weighted by Gasteiger charge is 2.16. The highest BCUT2D eigenvalue weighted by molar-refractivity contribution is 6.14. The molecule has 0 atom stereocenters. The average Bonchev–Trinajstić information content (AvgIpc) is 2.95. The number of para-hydroxylation sites is 1. The minimum absolute atomic E-state index is 0.373. The van der Waals surface area contributed by atoms with Crippen LogP contribution in [-0.2, 0) is 0 Å². The normalized spacial score (nSPS) is 11.2. The Morgan fingerprint density at radius 2 is 1.75 bits per heavy atom. The molecule has 0 saturated carbocycles. The lowest BCUT2D eigenvalue weighted by Crippen LogP contribution is -2.11. The summed E-state index contributed by atoms with van der Waals surface area (Å²) < 4.78 is 5.85. The molecule has 0 saturated heterocycles. The molecule has 24 heavy (non-hydrogen) atoms. The summed E-state index contributed by atoms with van der Waals surface area (Å²) in [5.41, 5.74) is 16.8. The standard InChI is InChI=1S/C20H16N2O2/c1-11-6-7-12(10-17(11)21)13-8-15-14-4-2-3-5-18(14)24-19(15)16(9-13)20(22)23/h2-10H,21H2,1H3,(H2,22,23). The molecule has 4 rings (SSSR count). The zero-order chi connectivity index (χ0) is 16.8. The van der Waals surface area contributed by atoms with E-state index in [0.717, 1.165) is 33.0 Å². The second-order valence-corrected chi connectivity index (χ2v) is 5.93. The van der Waals surface area contributed by atoms with Gasteiger partial charge in [0.1, 0.15) is 11.2 Å². The molecule has 0 aliphatic heterocycles. The number of rotatable bonds is 2. The van der Waals surface area contributed by atoms with E-state index in [1.165, 1.54) is 0 Å². The molecule has 0 fully saturated rings. The smallest absolute Gasteiger partial charge is 0.252 e. The fourth-order valence-electron chi connectivity index (χ4n) is 3.00. The predicted molar refractivity (Wildman–Crippen MR) is 96.8 cm³/mol. The van der Waals surface area contributed by atoms with Crippen LogP contribution in [-0.4, -0.2) is 5.91 Å². The first-order chi connectivity index (χ1) is 11.5. The van der Waals surface area contributed by atoms with Crippen LogP contribution in [0.15, 0.2) is 59.0 Å². The largest absolute Gasteiger partial charge is 0.455 e. The van der Waals surface area contributed by atoms with Crippen molar-refractivity contribution in [3.8, 4) is 11.1 Å². The summed E-state index contributed by atoms with van der Waals surface area (Å²) in [6.45, 7) is 1.96. The van der Waals surface area contributed by atoms with E-state index in [9.17, 15) is 4.79 Å². The number of carbonyl (C=O) groups is 1. The Morgan fingerprint density at radius 1 is 0.958 bits per heavy atom. The molecule has 0 aliphatic carbocycles. The van der Waals surface area contributed by atoms with E-state index in [0.29, 0.717) is 16.8 Å².